The van der Waals surface area contributed by atoms with Crippen LogP contribution in [0.25, 0.3) is 22.3 Å². The molecular formula is C34H40N4O4. The van der Waals surface area contributed by atoms with E-state index in [9.17, 15) is 9.59 Å². The number of carbonyl (C=O) groups is 2. The Kier molecular flexibility index (Phi) is 7.66. The van der Waals surface area contributed by atoms with Crippen LogP contribution in [0.1, 0.15) is 85.5 Å². The lowest BCUT2D eigenvalue weighted by atomic mass is 9.83. The molecule has 2 aromatic carbocycles. The number of hydrogen-bond acceptors (Lipinski definition) is 6. The van der Waals surface area contributed by atoms with E-state index in [1.807, 2.05) is 44.0 Å². The van der Waals surface area contributed by atoms with Gasteiger partial charge in [0.05, 0.1) is 6.04 Å². The first-order valence-electron chi connectivity index (χ1n) is 15.1. The van der Waals surface area contributed by atoms with Crippen molar-refractivity contribution >= 4 is 17.8 Å². The zero-order chi connectivity index (χ0) is 29.4. The van der Waals surface area contributed by atoms with Gasteiger partial charge in [0.2, 0.25) is 0 Å². The molecule has 8 nitrogen and oxygen atoms in total. The van der Waals surface area contributed by atoms with Crippen molar-refractivity contribution < 1.29 is 19.1 Å². The molecule has 4 heterocycles. The van der Waals surface area contributed by atoms with Gasteiger partial charge in [0.25, 0.3) is 5.91 Å². The number of aromatic nitrogens is 1. The molecule has 6 rings (SSSR count). The molecule has 220 valence electrons. The molecule has 2 amide bonds. The number of nitrogens with two attached hydrogens (primary N) is 1. The molecule has 3 aromatic rings. The van der Waals surface area contributed by atoms with Gasteiger partial charge < -0.3 is 25.4 Å². The van der Waals surface area contributed by atoms with Crippen LogP contribution >= 0.6 is 0 Å². The van der Waals surface area contributed by atoms with Gasteiger partial charge in [-0.3, -0.25) is 4.79 Å². The molecule has 0 spiro atoms. The van der Waals surface area contributed by atoms with Crippen molar-refractivity contribution in [3.05, 3.63) is 70.9 Å². The lowest BCUT2D eigenvalue weighted by molar-refractivity contribution is 0.0222. The second-order valence-corrected chi connectivity index (χ2v) is 12.6. The summed E-state index contributed by atoms with van der Waals surface area (Å²) in [6, 6.07) is 14.5. The van der Waals surface area contributed by atoms with Gasteiger partial charge in [-0.15, -0.1) is 0 Å². The fourth-order valence-electron chi connectivity index (χ4n) is 6.51. The number of nitrogens with one attached hydrogen (secondary N) is 1. The summed E-state index contributed by atoms with van der Waals surface area (Å²) in [5.74, 6) is 0.800. The van der Waals surface area contributed by atoms with Gasteiger partial charge in [-0.25, -0.2) is 9.78 Å². The Labute approximate surface area is 247 Å². The van der Waals surface area contributed by atoms with E-state index in [1.54, 1.807) is 0 Å². The lowest BCUT2D eigenvalue weighted by Gasteiger charge is -2.32. The Balaban J connectivity index is 1.39. The van der Waals surface area contributed by atoms with Crippen molar-refractivity contribution in [2.75, 3.05) is 32.0 Å². The summed E-state index contributed by atoms with van der Waals surface area (Å²) in [4.78, 5) is 32.0. The highest BCUT2D eigenvalue weighted by molar-refractivity contribution is 5.97. The number of carbonyl (C=O) groups excluding carboxylic acids is 2. The number of nitrogens with zero attached hydrogens (tertiary/aromatic N) is 2. The first kappa shape index (κ1) is 28.2. The van der Waals surface area contributed by atoms with Crippen LogP contribution in [0.5, 0.6) is 0 Å². The van der Waals surface area contributed by atoms with E-state index in [-0.39, 0.29) is 18.0 Å². The number of ether oxygens (including phenoxy) is 2. The molecule has 2 fully saturated rings. The Bertz CT molecular complexity index is 1510. The number of nitrogen functional groups attached to an aromatic ring is 1. The maximum atomic E-state index is 13.3. The molecule has 0 bridgehead atoms. The summed E-state index contributed by atoms with van der Waals surface area (Å²) in [5.41, 5.74) is 13.8. The van der Waals surface area contributed by atoms with Gasteiger partial charge in [0.15, 0.2) is 0 Å². The summed E-state index contributed by atoms with van der Waals surface area (Å²) in [7, 11) is 0. The summed E-state index contributed by atoms with van der Waals surface area (Å²) in [6.07, 6.45) is 6.11. The van der Waals surface area contributed by atoms with Crippen molar-refractivity contribution in [2.45, 2.75) is 70.4 Å². The molecule has 0 radical (unpaired) electrons. The Morgan fingerprint density at radius 2 is 1.79 bits per heavy atom. The van der Waals surface area contributed by atoms with E-state index < -0.39 is 5.60 Å². The Morgan fingerprint density at radius 3 is 2.57 bits per heavy atom. The third-order valence-electron chi connectivity index (χ3n) is 8.58. The zero-order valence-corrected chi connectivity index (χ0v) is 24.7. The van der Waals surface area contributed by atoms with Gasteiger partial charge in [-0.1, -0.05) is 24.3 Å². The number of anilines is 1. The summed E-state index contributed by atoms with van der Waals surface area (Å²) in [6.45, 7) is 8.54. The minimum Gasteiger partial charge on any atom is -0.444 e. The van der Waals surface area contributed by atoms with Crippen molar-refractivity contribution in [3.8, 4) is 22.3 Å². The molecule has 0 aliphatic carbocycles. The van der Waals surface area contributed by atoms with Crippen molar-refractivity contribution in [2.24, 2.45) is 0 Å². The van der Waals surface area contributed by atoms with Crippen LogP contribution in [0.15, 0.2) is 48.7 Å². The van der Waals surface area contributed by atoms with E-state index in [2.05, 4.69) is 40.6 Å². The highest BCUT2D eigenvalue weighted by atomic mass is 16.6. The van der Waals surface area contributed by atoms with Crippen LogP contribution in [0.2, 0.25) is 0 Å². The van der Waals surface area contributed by atoms with Crippen LogP contribution in [0.4, 0.5) is 10.6 Å². The number of fused-ring (bicyclic) bond motifs is 1. The summed E-state index contributed by atoms with van der Waals surface area (Å²) < 4.78 is 11.5. The largest absolute Gasteiger partial charge is 0.444 e. The Hall–Kier alpha value is -3.91. The summed E-state index contributed by atoms with van der Waals surface area (Å²) in [5, 5.41) is 2.90. The van der Waals surface area contributed by atoms with Gasteiger partial charge >= 0.3 is 6.09 Å². The maximum Gasteiger partial charge on any atom is 0.410 e. The third kappa shape index (κ3) is 5.73. The van der Waals surface area contributed by atoms with E-state index in [0.29, 0.717) is 30.4 Å². The number of benzene rings is 2. The number of amides is 2. The average molecular weight is 569 g/mol. The van der Waals surface area contributed by atoms with Crippen LogP contribution in [0.3, 0.4) is 0 Å². The van der Waals surface area contributed by atoms with E-state index in [0.717, 1.165) is 73.1 Å². The van der Waals surface area contributed by atoms with Gasteiger partial charge in [0.1, 0.15) is 11.4 Å². The molecule has 3 aliphatic heterocycles. The SMILES string of the molecule is CC(C)(C)OC(=O)N1CCCC1c1cc(-c2cnc(N)c(-c3ccc4c(c3)CCNC4=O)c2)ccc1C1CCOCC1. The molecule has 3 N–H and O–H groups in total. The molecule has 2 saturated heterocycles. The number of hydrogen-bond donors (Lipinski definition) is 2. The molecule has 8 heteroatoms. The predicted octanol–water partition coefficient (Wildman–Crippen LogP) is 6.25. The van der Waals surface area contributed by atoms with Gasteiger partial charge in [-0.05, 0) is 105 Å². The first-order chi connectivity index (χ1) is 20.2. The van der Waals surface area contributed by atoms with Crippen LogP contribution in [-0.2, 0) is 15.9 Å². The van der Waals surface area contributed by atoms with E-state index in [1.165, 1.54) is 11.1 Å². The minimum atomic E-state index is -0.553. The fourth-order valence-corrected chi connectivity index (χ4v) is 6.51. The van der Waals surface area contributed by atoms with Crippen molar-refractivity contribution in [3.63, 3.8) is 0 Å². The monoisotopic (exact) mass is 568 g/mol. The van der Waals surface area contributed by atoms with E-state index >= 15 is 0 Å². The van der Waals surface area contributed by atoms with Crippen LogP contribution < -0.4 is 11.1 Å². The van der Waals surface area contributed by atoms with Gasteiger partial charge in [-0.2, -0.15) is 0 Å². The molecule has 0 saturated carbocycles. The molecular weight excluding hydrogens is 528 g/mol. The zero-order valence-electron chi connectivity index (χ0n) is 24.7. The van der Waals surface area contributed by atoms with Crippen LogP contribution in [0, 0.1) is 0 Å². The minimum absolute atomic E-state index is 0.0351. The van der Waals surface area contributed by atoms with Crippen LogP contribution in [-0.4, -0.2) is 53.8 Å². The van der Waals surface area contributed by atoms with Gasteiger partial charge in [0, 0.05) is 49.2 Å². The second-order valence-electron chi connectivity index (χ2n) is 12.6. The fraction of sp³-hybridized carbons (Fsp3) is 0.441. The topological polar surface area (TPSA) is 107 Å². The number of rotatable bonds is 4. The van der Waals surface area contributed by atoms with Crippen molar-refractivity contribution in [1.82, 2.24) is 15.2 Å². The second kappa shape index (κ2) is 11.4. The van der Waals surface area contributed by atoms with E-state index in [4.69, 9.17) is 15.2 Å². The highest BCUT2D eigenvalue weighted by Gasteiger charge is 2.35. The Morgan fingerprint density at radius 1 is 1.00 bits per heavy atom. The van der Waals surface area contributed by atoms with Crippen molar-refractivity contribution in [1.29, 1.82) is 0 Å². The predicted molar refractivity (Wildman–Crippen MR) is 163 cm³/mol. The molecule has 1 aromatic heterocycles. The third-order valence-corrected chi connectivity index (χ3v) is 8.58. The smallest absolute Gasteiger partial charge is 0.410 e. The first-order valence-corrected chi connectivity index (χ1v) is 15.1. The number of likely N-dealkylation sites (tertiary alicyclic amines) is 1. The molecule has 1 atom stereocenters. The lowest BCUT2D eigenvalue weighted by Crippen LogP contribution is -2.36. The molecule has 42 heavy (non-hydrogen) atoms. The highest BCUT2D eigenvalue weighted by Crippen LogP contribution is 2.42. The molecule has 3 aliphatic rings. The standard InChI is InChI=1S/C34H40N4O4/c1-34(2,3)42-33(40)38-14-4-5-30(38)29-18-22(6-8-26(29)21-11-15-41-16-12-21)25-19-28(31(35)37-20-25)23-7-9-27-24(17-23)10-13-36-32(27)39/h6-9,17-21,30H,4-5,10-16H2,1-3H3,(H2,35,37)(H,36,39). The normalized spacial score (nSPS) is 19.4. The summed E-state index contributed by atoms with van der Waals surface area (Å²) >= 11 is 0. The maximum absolute atomic E-state index is 13.3. The number of pyridine rings is 1. The quantitative estimate of drug-likeness (QED) is 0.385. The average Bonchev–Trinajstić information content (AvgIpc) is 3.47. The molecule has 1 unspecified atom stereocenters.